The van der Waals surface area contributed by atoms with E-state index < -0.39 is 5.97 Å². The first kappa shape index (κ1) is 15.5. The summed E-state index contributed by atoms with van der Waals surface area (Å²) in [6, 6.07) is 3.31. The predicted molar refractivity (Wildman–Crippen MR) is 79.4 cm³/mol. The van der Waals surface area contributed by atoms with Crippen LogP contribution in [0.5, 0.6) is 0 Å². The Hall–Kier alpha value is -1.91. The zero-order valence-corrected chi connectivity index (χ0v) is 12.8. The monoisotopic (exact) mass is 290 g/mol. The molecule has 0 aliphatic heterocycles. The van der Waals surface area contributed by atoms with Crippen LogP contribution >= 0.6 is 0 Å². The minimum absolute atomic E-state index is 0.0850. The molecule has 0 spiro atoms. The molecule has 21 heavy (non-hydrogen) atoms. The zero-order chi connectivity index (χ0) is 15.6. The Morgan fingerprint density at radius 2 is 2.05 bits per heavy atom. The fourth-order valence-corrected chi connectivity index (χ4v) is 2.29. The number of nitrogens with zero attached hydrogens (tertiary/aromatic N) is 2. The molecule has 1 aliphatic carbocycles. The highest BCUT2D eigenvalue weighted by molar-refractivity contribution is 5.94. The van der Waals surface area contributed by atoms with Gasteiger partial charge in [-0.15, -0.1) is 0 Å². The number of hydrogen-bond acceptors (Lipinski definition) is 3. The molecule has 0 saturated heterocycles. The Balaban J connectivity index is 2.16. The molecule has 0 radical (unpaired) electrons. The fraction of sp³-hybridized carbons (Fsp3) is 0.562. The topological polar surface area (TPSA) is 70.5 Å². The number of rotatable bonds is 6. The van der Waals surface area contributed by atoms with Gasteiger partial charge in [-0.1, -0.05) is 13.8 Å². The van der Waals surface area contributed by atoms with Gasteiger partial charge in [-0.2, -0.15) is 0 Å². The highest BCUT2D eigenvalue weighted by atomic mass is 16.4. The molecule has 1 heterocycles. The number of amides is 1. The third-order valence-electron chi connectivity index (χ3n) is 3.73. The number of carboxylic acid groups (broad SMARTS) is 1. The van der Waals surface area contributed by atoms with Crippen LogP contribution < -0.4 is 0 Å². The third kappa shape index (κ3) is 3.80. The number of aromatic carboxylic acids is 1. The van der Waals surface area contributed by atoms with Crippen molar-refractivity contribution in [3.05, 3.63) is 29.1 Å². The van der Waals surface area contributed by atoms with Gasteiger partial charge in [0.15, 0.2) is 0 Å². The maximum Gasteiger partial charge on any atom is 0.337 e. The second-order valence-electron chi connectivity index (χ2n) is 6.05. The predicted octanol–water partition coefficient (Wildman–Crippen LogP) is 2.74. The molecule has 0 atom stereocenters. The molecule has 0 bridgehead atoms. The number of aryl methyl sites for hydroxylation is 1. The van der Waals surface area contributed by atoms with Gasteiger partial charge in [0.25, 0.3) is 5.91 Å². The molecule has 0 aromatic carbocycles. The lowest BCUT2D eigenvalue weighted by atomic mass is 10.1. The lowest BCUT2D eigenvalue weighted by Gasteiger charge is -2.23. The van der Waals surface area contributed by atoms with Crippen LogP contribution in [0, 0.1) is 12.8 Å². The van der Waals surface area contributed by atoms with E-state index in [4.69, 9.17) is 5.11 Å². The minimum atomic E-state index is -1.02. The summed E-state index contributed by atoms with van der Waals surface area (Å²) in [6.07, 6.45) is 3.07. The van der Waals surface area contributed by atoms with Gasteiger partial charge in [-0.25, -0.2) is 9.78 Å². The highest BCUT2D eigenvalue weighted by Gasteiger charge is 2.33. The zero-order valence-electron chi connectivity index (χ0n) is 12.8. The maximum absolute atomic E-state index is 12.6. The van der Waals surface area contributed by atoms with Crippen LogP contribution in [0.2, 0.25) is 0 Å². The van der Waals surface area contributed by atoms with Crippen LogP contribution in [0.4, 0.5) is 0 Å². The van der Waals surface area contributed by atoms with Crippen LogP contribution in [-0.2, 0) is 0 Å². The normalized spacial score (nSPS) is 14.3. The molecule has 1 fully saturated rings. The molecule has 5 nitrogen and oxygen atoms in total. The molecule has 1 aliphatic rings. The quantitative estimate of drug-likeness (QED) is 0.874. The Morgan fingerprint density at radius 1 is 1.38 bits per heavy atom. The van der Waals surface area contributed by atoms with Crippen LogP contribution in [0.15, 0.2) is 12.1 Å². The van der Waals surface area contributed by atoms with Crippen molar-refractivity contribution < 1.29 is 14.7 Å². The molecule has 1 amide bonds. The van der Waals surface area contributed by atoms with Crippen LogP contribution in [0.1, 0.15) is 59.7 Å². The van der Waals surface area contributed by atoms with Crippen LogP contribution in [0.3, 0.4) is 0 Å². The molecule has 2 rings (SSSR count). The van der Waals surface area contributed by atoms with Gasteiger partial charge in [-0.05, 0) is 44.2 Å². The van der Waals surface area contributed by atoms with Crippen molar-refractivity contribution in [2.24, 2.45) is 5.92 Å². The summed E-state index contributed by atoms with van der Waals surface area (Å²) in [5.41, 5.74) is 0.868. The standard InChI is InChI=1S/C16H22N2O3/c1-10(2)8-9-18(12-4-5-12)15(19)14-7-6-13(16(20)21)11(3)17-14/h6-7,10,12H,4-5,8-9H2,1-3H3,(H,20,21). The molecule has 114 valence electrons. The lowest BCUT2D eigenvalue weighted by molar-refractivity contribution is 0.0689. The summed E-state index contributed by atoms with van der Waals surface area (Å²) in [4.78, 5) is 29.7. The van der Waals surface area contributed by atoms with Crippen molar-refractivity contribution in [2.45, 2.75) is 46.1 Å². The van der Waals surface area contributed by atoms with Crippen molar-refractivity contribution in [3.63, 3.8) is 0 Å². The summed E-state index contributed by atoms with van der Waals surface area (Å²) >= 11 is 0. The van der Waals surface area contributed by atoms with Gasteiger partial charge in [0.2, 0.25) is 0 Å². The highest BCUT2D eigenvalue weighted by Crippen LogP contribution is 2.28. The molecular formula is C16H22N2O3. The third-order valence-corrected chi connectivity index (χ3v) is 3.73. The molecule has 1 N–H and O–H groups in total. The number of aromatic nitrogens is 1. The number of carbonyl (C=O) groups excluding carboxylic acids is 1. The van der Waals surface area contributed by atoms with Crippen molar-refractivity contribution in [1.82, 2.24) is 9.88 Å². The molecular weight excluding hydrogens is 268 g/mol. The lowest BCUT2D eigenvalue weighted by Crippen LogP contribution is -2.35. The van der Waals surface area contributed by atoms with E-state index in [1.807, 2.05) is 4.90 Å². The number of pyridine rings is 1. The van der Waals surface area contributed by atoms with Crippen LogP contribution in [0.25, 0.3) is 0 Å². The van der Waals surface area contributed by atoms with Gasteiger partial charge < -0.3 is 10.0 Å². The summed E-state index contributed by atoms with van der Waals surface area (Å²) < 4.78 is 0. The Kier molecular flexibility index (Phi) is 4.60. The first-order valence-corrected chi connectivity index (χ1v) is 7.42. The number of carbonyl (C=O) groups is 2. The Bertz CT molecular complexity index is 550. The van der Waals surface area contributed by atoms with E-state index >= 15 is 0 Å². The van der Waals surface area contributed by atoms with Crippen molar-refractivity contribution >= 4 is 11.9 Å². The summed E-state index contributed by atoms with van der Waals surface area (Å²) in [5.74, 6) is -0.556. The molecule has 1 aromatic rings. The summed E-state index contributed by atoms with van der Waals surface area (Å²) in [7, 11) is 0. The molecule has 1 aromatic heterocycles. The van der Waals surface area contributed by atoms with E-state index in [9.17, 15) is 9.59 Å². The van der Waals surface area contributed by atoms with Gasteiger partial charge in [-0.3, -0.25) is 4.79 Å². The van der Waals surface area contributed by atoms with E-state index in [0.29, 0.717) is 23.3 Å². The van der Waals surface area contributed by atoms with E-state index in [1.54, 1.807) is 6.92 Å². The number of hydrogen-bond donors (Lipinski definition) is 1. The molecule has 1 saturated carbocycles. The second-order valence-corrected chi connectivity index (χ2v) is 6.05. The smallest absolute Gasteiger partial charge is 0.337 e. The van der Waals surface area contributed by atoms with Crippen molar-refractivity contribution in [3.8, 4) is 0 Å². The Labute approximate surface area is 125 Å². The second kappa shape index (κ2) is 6.24. The van der Waals surface area contributed by atoms with Gasteiger partial charge in [0.1, 0.15) is 5.69 Å². The first-order chi connectivity index (χ1) is 9.90. The average Bonchev–Trinajstić information content (AvgIpc) is 3.22. The SMILES string of the molecule is Cc1nc(C(=O)N(CCC(C)C)C2CC2)ccc1C(=O)O. The van der Waals surface area contributed by atoms with Gasteiger partial charge >= 0.3 is 5.97 Å². The molecule has 0 unspecified atom stereocenters. The van der Waals surface area contributed by atoms with E-state index in [0.717, 1.165) is 25.8 Å². The van der Waals surface area contributed by atoms with Gasteiger partial charge in [0, 0.05) is 12.6 Å². The average molecular weight is 290 g/mol. The van der Waals surface area contributed by atoms with E-state index in [-0.39, 0.29) is 11.5 Å². The van der Waals surface area contributed by atoms with E-state index in [2.05, 4.69) is 18.8 Å². The number of carboxylic acids is 1. The minimum Gasteiger partial charge on any atom is -0.478 e. The van der Waals surface area contributed by atoms with E-state index in [1.165, 1.54) is 12.1 Å². The fourth-order valence-electron chi connectivity index (χ4n) is 2.29. The maximum atomic E-state index is 12.6. The largest absolute Gasteiger partial charge is 0.478 e. The van der Waals surface area contributed by atoms with Crippen LogP contribution in [-0.4, -0.2) is 39.5 Å². The van der Waals surface area contributed by atoms with Gasteiger partial charge in [0.05, 0.1) is 11.3 Å². The Morgan fingerprint density at radius 3 is 2.52 bits per heavy atom. The van der Waals surface area contributed by atoms with Crippen molar-refractivity contribution in [1.29, 1.82) is 0 Å². The summed E-state index contributed by atoms with van der Waals surface area (Å²) in [5, 5.41) is 9.01. The molecule has 5 heteroatoms. The van der Waals surface area contributed by atoms with Crippen molar-refractivity contribution in [2.75, 3.05) is 6.54 Å². The first-order valence-electron chi connectivity index (χ1n) is 7.42. The summed E-state index contributed by atoms with van der Waals surface area (Å²) in [6.45, 7) is 6.64.